The van der Waals surface area contributed by atoms with E-state index in [2.05, 4.69) is 40.1 Å². The molecule has 0 atom stereocenters. The Hall–Kier alpha value is -0.380. The first-order chi connectivity index (χ1) is 5.72. The molecule has 0 aromatic carbocycles. The van der Waals surface area contributed by atoms with Gasteiger partial charge in [-0.3, -0.25) is 4.68 Å². The molecule has 1 rings (SSSR count). The number of hydrogen-bond acceptors (Lipinski definition) is 2. The zero-order valence-corrected chi connectivity index (χ0v) is 9.08. The molecular weight excluding hydrogens is 218 g/mol. The fraction of sp³-hybridized carbons (Fsp3) is 0.750. The lowest BCUT2D eigenvalue weighted by Gasteiger charge is -2.01. The number of halogens is 1. The Kier molecular flexibility index (Phi) is 3.72. The summed E-state index contributed by atoms with van der Waals surface area (Å²) in [4.78, 5) is 0. The van der Waals surface area contributed by atoms with Crippen molar-refractivity contribution < 1.29 is 0 Å². The Bertz CT molecular complexity index is 232. The first kappa shape index (κ1) is 9.71. The first-order valence-corrected chi connectivity index (χ1v) is 5.29. The van der Waals surface area contributed by atoms with E-state index in [9.17, 15) is 0 Å². The molecule has 3 nitrogen and oxygen atoms in total. The molecule has 0 aliphatic heterocycles. The van der Waals surface area contributed by atoms with E-state index in [1.807, 2.05) is 10.9 Å². The average molecular weight is 232 g/mol. The lowest BCUT2D eigenvalue weighted by molar-refractivity contribution is 0.472. The van der Waals surface area contributed by atoms with Crippen molar-refractivity contribution in [3.8, 4) is 0 Å². The Morgan fingerprint density at radius 3 is 2.92 bits per heavy atom. The Balaban J connectivity index is 2.52. The van der Waals surface area contributed by atoms with Crippen molar-refractivity contribution in [3.63, 3.8) is 0 Å². The minimum atomic E-state index is 0.628. The van der Waals surface area contributed by atoms with Crippen LogP contribution in [-0.2, 0) is 13.0 Å². The first-order valence-electron chi connectivity index (χ1n) is 4.17. The lowest BCUT2D eigenvalue weighted by atomic mass is 10.2. The molecule has 0 saturated carbocycles. The third-order valence-electron chi connectivity index (χ3n) is 1.49. The second kappa shape index (κ2) is 4.60. The van der Waals surface area contributed by atoms with Crippen molar-refractivity contribution >= 4 is 15.9 Å². The summed E-state index contributed by atoms with van der Waals surface area (Å²) in [7, 11) is 0. The summed E-state index contributed by atoms with van der Waals surface area (Å²) in [6.45, 7) is 5.30. The van der Waals surface area contributed by atoms with Gasteiger partial charge in [0, 0.05) is 24.5 Å². The van der Waals surface area contributed by atoms with E-state index in [0.29, 0.717) is 5.92 Å². The number of aryl methyl sites for hydroxylation is 1. The summed E-state index contributed by atoms with van der Waals surface area (Å²) < 4.78 is 1.91. The minimum Gasteiger partial charge on any atom is -0.252 e. The van der Waals surface area contributed by atoms with Gasteiger partial charge in [0.25, 0.3) is 0 Å². The summed E-state index contributed by atoms with van der Waals surface area (Å²) in [6.07, 6.45) is 2.97. The maximum Gasteiger partial charge on any atom is 0.0835 e. The molecular formula is C8H14BrN3. The Morgan fingerprint density at radius 2 is 2.33 bits per heavy atom. The molecule has 4 heteroatoms. The second-order valence-electron chi connectivity index (χ2n) is 3.26. The van der Waals surface area contributed by atoms with Crippen molar-refractivity contribution in [2.24, 2.45) is 5.92 Å². The van der Waals surface area contributed by atoms with E-state index in [1.54, 1.807) is 0 Å². The highest BCUT2D eigenvalue weighted by molar-refractivity contribution is 9.09. The van der Waals surface area contributed by atoms with Crippen LogP contribution in [0.15, 0.2) is 6.20 Å². The minimum absolute atomic E-state index is 0.628. The van der Waals surface area contributed by atoms with E-state index < -0.39 is 0 Å². The van der Waals surface area contributed by atoms with Crippen LogP contribution in [0, 0.1) is 5.92 Å². The molecule has 0 radical (unpaired) electrons. The fourth-order valence-electron chi connectivity index (χ4n) is 1.01. The third-order valence-corrected chi connectivity index (χ3v) is 1.89. The SMILES string of the molecule is CC(C)Cn1cc(CCBr)nn1. The molecule has 1 heterocycles. The van der Waals surface area contributed by atoms with E-state index in [4.69, 9.17) is 0 Å². The largest absolute Gasteiger partial charge is 0.252 e. The van der Waals surface area contributed by atoms with Crippen molar-refractivity contribution in [2.75, 3.05) is 5.33 Å². The highest BCUT2D eigenvalue weighted by Gasteiger charge is 2.00. The van der Waals surface area contributed by atoms with Crippen LogP contribution in [0.25, 0.3) is 0 Å². The van der Waals surface area contributed by atoms with Crippen LogP contribution in [-0.4, -0.2) is 20.3 Å². The molecule has 0 N–H and O–H groups in total. The summed E-state index contributed by atoms with van der Waals surface area (Å²) in [5, 5.41) is 9.01. The van der Waals surface area contributed by atoms with Crippen LogP contribution < -0.4 is 0 Å². The molecule has 0 fully saturated rings. The molecule has 0 aliphatic carbocycles. The van der Waals surface area contributed by atoms with Crippen LogP contribution in [0.4, 0.5) is 0 Å². The summed E-state index contributed by atoms with van der Waals surface area (Å²) in [6, 6.07) is 0. The molecule has 0 spiro atoms. The van der Waals surface area contributed by atoms with E-state index in [0.717, 1.165) is 24.0 Å². The van der Waals surface area contributed by atoms with Gasteiger partial charge in [0.15, 0.2) is 0 Å². The molecule has 0 unspecified atom stereocenters. The van der Waals surface area contributed by atoms with E-state index in [-0.39, 0.29) is 0 Å². The smallest absolute Gasteiger partial charge is 0.0835 e. The van der Waals surface area contributed by atoms with E-state index >= 15 is 0 Å². The van der Waals surface area contributed by atoms with Gasteiger partial charge in [0.2, 0.25) is 0 Å². The summed E-state index contributed by atoms with van der Waals surface area (Å²) in [5.74, 6) is 0.628. The van der Waals surface area contributed by atoms with Crippen molar-refractivity contribution in [1.82, 2.24) is 15.0 Å². The normalized spacial score (nSPS) is 11.0. The van der Waals surface area contributed by atoms with Gasteiger partial charge < -0.3 is 0 Å². The monoisotopic (exact) mass is 231 g/mol. The zero-order chi connectivity index (χ0) is 8.97. The van der Waals surface area contributed by atoms with Crippen LogP contribution in [0.1, 0.15) is 19.5 Å². The van der Waals surface area contributed by atoms with Crippen LogP contribution >= 0.6 is 15.9 Å². The molecule has 0 bridgehead atoms. The summed E-state index contributed by atoms with van der Waals surface area (Å²) >= 11 is 3.37. The van der Waals surface area contributed by atoms with Gasteiger partial charge in [-0.1, -0.05) is 35.0 Å². The third kappa shape index (κ3) is 2.93. The van der Waals surface area contributed by atoms with Gasteiger partial charge in [0.05, 0.1) is 5.69 Å². The molecule has 1 aromatic rings. The van der Waals surface area contributed by atoms with Crippen LogP contribution in [0.2, 0.25) is 0 Å². The van der Waals surface area contributed by atoms with Gasteiger partial charge in [0.1, 0.15) is 0 Å². The highest BCUT2D eigenvalue weighted by Crippen LogP contribution is 2.00. The molecule has 0 aliphatic rings. The predicted octanol–water partition coefficient (Wildman–Crippen LogP) is 1.87. The van der Waals surface area contributed by atoms with Crippen LogP contribution in [0.3, 0.4) is 0 Å². The number of nitrogens with zero attached hydrogens (tertiary/aromatic N) is 3. The van der Waals surface area contributed by atoms with Gasteiger partial charge in [-0.05, 0) is 5.92 Å². The maximum absolute atomic E-state index is 4.04. The second-order valence-corrected chi connectivity index (χ2v) is 4.06. The van der Waals surface area contributed by atoms with Gasteiger partial charge >= 0.3 is 0 Å². The molecule has 1 aromatic heterocycles. The lowest BCUT2D eigenvalue weighted by Crippen LogP contribution is -2.04. The molecule has 0 saturated heterocycles. The fourth-order valence-corrected chi connectivity index (χ4v) is 1.42. The Morgan fingerprint density at radius 1 is 1.58 bits per heavy atom. The molecule has 12 heavy (non-hydrogen) atoms. The van der Waals surface area contributed by atoms with Crippen molar-refractivity contribution in [1.29, 1.82) is 0 Å². The number of rotatable bonds is 4. The molecule has 0 amide bonds. The van der Waals surface area contributed by atoms with Crippen molar-refractivity contribution in [2.45, 2.75) is 26.8 Å². The van der Waals surface area contributed by atoms with E-state index in [1.165, 1.54) is 0 Å². The van der Waals surface area contributed by atoms with Gasteiger partial charge in [-0.25, -0.2) is 0 Å². The quantitative estimate of drug-likeness (QED) is 0.742. The number of aromatic nitrogens is 3. The maximum atomic E-state index is 4.04. The zero-order valence-electron chi connectivity index (χ0n) is 7.50. The Labute approximate surface area is 81.3 Å². The van der Waals surface area contributed by atoms with Gasteiger partial charge in [-0.2, -0.15) is 0 Å². The predicted molar refractivity (Wildman–Crippen MR) is 52.4 cm³/mol. The number of hydrogen-bond donors (Lipinski definition) is 0. The van der Waals surface area contributed by atoms with Gasteiger partial charge in [-0.15, -0.1) is 5.10 Å². The number of alkyl halides is 1. The highest BCUT2D eigenvalue weighted by atomic mass is 79.9. The van der Waals surface area contributed by atoms with Crippen LogP contribution in [0.5, 0.6) is 0 Å². The topological polar surface area (TPSA) is 30.7 Å². The summed E-state index contributed by atoms with van der Waals surface area (Å²) in [5.41, 5.74) is 1.06. The van der Waals surface area contributed by atoms with Crippen molar-refractivity contribution in [3.05, 3.63) is 11.9 Å². The standard InChI is InChI=1S/C8H14BrN3/c1-7(2)5-12-6-8(3-4-9)10-11-12/h6-7H,3-5H2,1-2H3. The molecule has 68 valence electrons. The average Bonchev–Trinajstić information content (AvgIpc) is 2.36.